The maximum absolute atomic E-state index is 11.0. The van der Waals surface area contributed by atoms with Crippen molar-refractivity contribution in [1.82, 2.24) is 0 Å². The zero-order valence-corrected chi connectivity index (χ0v) is 8.20. The summed E-state index contributed by atoms with van der Waals surface area (Å²) >= 11 is 0. The van der Waals surface area contributed by atoms with Gasteiger partial charge in [0, 0.05) is 0 Å². The monoisotopic (exact) mass is 189 g/mol. The molecule has 0 aromatic heterocycles. The third kappa shape index (κ3) is 2.33. The van der Waals surface area contributed by atoms with E-state index >= 15 is 0 Å². The van der Waals surface area contributed by atoms with Crippen LogP contribution in [0.3, 0.4) is 0 Å². The van der Waals surface area contributed by atoms with Crippen LogP contribution in [0.5, 0.6) is 0 Å². The molecule has 0 atom stereocenters. The Kier molecular flexibility index (Phi) is 3.24. The molecule has 14 heavy (non-hydrogen) atoms. The van der Waals surface area contributed by atoms with E-state index in [0.717, 1.165) is 11.1 Å². The summed E-state index contributed by atoms with van der Waals surface area (Å²) in [5.74, 6) is -0.294. The van der Waals surface area contributed by atoms with E-state index in [1.165, 1.54) is 7.11 Å². The zero-order valence-electron chi connectivity index (χ0n) is 8.20. The summed E-state index contributed by atoms with van der Waals surface area (Å²) in [6, 6.07) is 7.45. The molecule has 0 bridgehead atoms. The van der Waals surface area contributed by atoms with E-state index in [1.54, 1.807) is 6.07 Å². The summed E-state index contributed by atoms with van der Waals surface area (Å²) in [6.07, 6.45) is 0.214. The number of ether oxygens (including phenoxy) is 1. The lowest BCUT2D eigenvalue weighted by molar-refractivity contribution is -0.139. The van der Waals surface area contributed by atoms with Gasteiger partial charge in [0.05, 0.1) is 25.2 Å². The highest BCUT2D eigenvalue weighted by Gasteiger charge is 2.04. The van der Waals surface area contributed by atoms with E-state index in [-0.39, 0.29) is 12.4 Å². The molecule has 0 spiro atoms. The van der Waals surface area contributed by atoms with Crippen molar-refractivity contribution in [2.75, 3.05) is 7.11 Å². The summed E-state index contributed by atoms with van der Waals surface area (Å²) in [5.41, 5.74) is 2.33. The van der Waals surface area contributed by atoms with Gasteiger partial charge >= 0.3 is 5.97 Å². The summed E-state index contributed by atoms with van der Waals surface area (Å²) in [4.78, 5) is 11.0. The zero-order chi connectivity index (χ0) is 10.6. The minimum absolute atomic E-state index is 0.214. The van der Waals surface area contributed by atoms with Crippen LogP contribution in [0.4, 0.5) is 0 Å². The van der Waals surface area contributed by atoms with Crippen LogP contribution >= 0.6 is 0 Å². The Hall–Kier alpha value is -1.82. The first-order valence-electron chi connectivity index (χ1n) is 4.24. The number of esters is 1. The number of carbonyl (C=O) groups excluding carboxylic acids is 1. The fourth-order valence-electron chi connectivity index (χ4n) is 1.14. The molecule has 0 aliphatic carbocycles. The molecule has 0 saturated heterocycles. The van der Waals surface area contributed by atoms with Crippen LogP contribution in [0, 0.1) is 18.3 Å². The van der Waals surface area contributed by atoms with E-state index in [1.807, 2.05) is 19.1 Å². The number of benzene rings is 1. The van der Waals surface area contributed by atoms with Gasteiger partial charge < -0.3 is 4.74 Å². The molecule has 1 aromatic carbocycles. The van der Waals surface area contributed by atoms with Crippen LogP contribution in [-0.2, 0) is 16.0 Å². The van der Waals surface area contributed by atoms with Crippen molar-refractivity contribution < 1.29 is 9.53 Å². The predicted molar refractivity (Wildman–Crippen MR) is 51.6 cm³/mol. The average molecular weight is 189 g/mol. The van der Waals surface area contributed by atoms with E-state index in [0.29, 0.717) is 5.56 Å². The Morgan fingerprint density at radius 2 is 2.29 bits per heavy atom. The maximum Gasteiger partial charge on any atom is 0.309 e. The van der Waals surface area contributed by atoms with Gasteiger partial charge in [-0.25, -0.2) is 0 Å². The molecule has 0 unspecified atom stereocenters. The summed E-state index contributed by atoms with van der Waals surface area (Å²) in [6.45, 7) is 1.86. The molecule has 0 aliphatic rings. The Balaban J connectivity index is 2.91. The maximum atomic E-state index is 11.0. The number of methoxy groups -OCH3 is 1. The topological polar surface area (TPSA) is 50.1 Å². The Morgan fingerprint density at radius 3 is 2.86 bits per heavy atom. The van der Waals surface area contributed by atoms with Gasteiger partial charge in [-0.2, -0.15) is 5.26 Å². The van der Waals surface area contributed by atoms with E-state index in [2.05, 4.69) is 10.8 Å². The molecule has 1 rings (SSSR count). The quantitative estimate of drug-likeness (QED) is 0.664. The third-order valence-corrected chi connectivity index (χ3v) is 2.00. The molecule has 0 radical (unpaired) electrons. The minimum Gasteiger partial charge on any atom is -0.469 e. The molecule has 0 heterocycles. The second-order valence-corrected chi connectivity index (χ2v) is 3.01. The first kappa shape index (κ1) is 10.3. The number of carbonyl (C=O) groups is 1. The Labute approximate surface area is 82.9 Å². The highest BCUT2D eigenvalue weighted by molar-refractivity contribution is 5.72. The van der Waals surface area contributed by atoms with Crippen LogP contribution in [0.2, 0.25) is 0 Å². The van der Waals surface area contributed by atoms with Gasteiger partial charge in [-0.1, -0.05) is 12.1 Å². The van der Waals surface area contributed by atoms with Gasteiger partial charge in [0.15, 0.2) is 0 Å². The molecule has 0 aliphatic heterocycles. The number of nitriles is 1. The fraction of sp³-hybridized carbons (Fsp3) is 0.273. The van der Waals surface area contributed by atoms with Gasteiger partial charge in [0.1, 0.15) is 0 Å². The number of hydrogen-bond acceptors (Lipinski definition) is 3. The van der Waals surface area contributed by atoms with Crippen LogP contribution in [0.15, 0.2) is 18.2 Å². The van der Waals surface area contributed by atoms with Crippen molar-refractivity contribution in [1.29, 1.82) is 5.26 Å². The fourth-order valence-corrected chi connectivity index (χ4v) is 1.14. The highest BCUT2D eigenvalue weighted by atomic mass is 16.5. The number of rotatable bonds is 2. The first-order chi connectivity index (χ1) is 6.67. The van der Waals surface area contributed by atoms with Crippen LogP contribution in [0.1, 0.15) is 16.7 Å². The normalized spacial score (nSPS) is 9.21. The SMILES string of the molecule is COC(=O)Cc1ccc(C)c(C#N)c1. The molecule has 0 saturated carbocycles. The van der Waals surface area contributed by atoms with Crippen molar-refractivity contribution in [2.45, 2.75) is 13.3 Å². The lowest BCUT2D eigenvalue weighted by Crippen LogP contribution is -2.04. The second-order valence-electron chi connectivity index (χ2n) is 3.01. The minimum atomic E-state index is -0.294. The summed E-state index contributed by atoms with van der Waals surface area (Å²) in [5, 5.41) is 8.77. The Morgan fingerprint density at radius 1 is 1.57 bits per heavy atom. The van der Waals surface area contributed by atoms with E-state index in [9.17, 15) is 4.79 Å². The molecule has 72 valence electrons. The van der Waals surface area contributed by atoms with Crippen LogP contribution in [0.25, 0.3) is 0 Å². The number of nitrogens with zero attached hydrogens (tertiary/aromatic N) is 1. The van der Waals surface area contributed by atoms with Crippen LogP contribution < -0.4 is 0 Å². The summed E-state index contributed by atoms with van der Waals surface area (Å²) in [7, 11) is 1.35. The van der Waals surface area contributed by atoms with E-state index in [4.69, 9.17) is 5.26 Å². The predicted octanol–water partition coefficient (Wildman–Crippen LogP) is 1.58. The number of hydrogen-bond donors (Lipinski definition) is 0. The van der Waals surface area contributed by atoms with E-state index < -0.39 is 0 Å². The van der Waals surface area contributed by atoms with Crippen molar-refractivity contribution >= 4 is 5.97 Å². The molecular weight excluding hydrogens is 178 g/mol. The largest absolute Gasteiger partial charge is 0.469 e. The summed E-state index contributed by atoms with van der Waals surface area (Å²) < 4.78 is 4.54. The molecule has 0 amide bonds. The van der Waals surface area contributed by atoms with Crippen LogP contribution in [-0.4, -0.2) is 13.1 Å². The van der Waals surface area contributed by atoms with Crippen molar-refractivity contribution in [3.63, 3.8) is 0 Å². The highest BCUT2D eigenvalue weighted by Crippen LogP contribution is 2.10. The lowest BCUT2D eigenvalue weighted by atomic mass is 10.0. The smallest absolute Gasteiger partial charge is 0.309 e. The molecule has 3 nitrogen and oxygen atoms in total. The lowest BCUT2D eigenvalue weighted by Gasteiger charge is -2.02. The molecular formula is C11H11NO2. The average Bonchev–Trinajstić information content (AvgIpc) is 2.20. The van der Waals surface area contributed by atoms with Crippen molar-refractivity contribution in [3.8, 4) is 6.07 Å². The molecule has 1 aromatic rings. The standard InChI is InChI=1S/C11H11NO2/c1-8-3-4-9(5-10(8)7-12)6-11(13)14-2/h3-5H,6H2,1-2H3. The number of aryl methyl sites for hydroxylation is 1. The first-order valence-corrected chi connectivity index (χ1v) is 4.24. The second kappa shape index (κ2) is 4.43. The van der Waals surface area contributed by atoms with Gasteiger partial charge in [-0.15, -0.1) is 0 Å². The van der Waals surface area contributed by atoms with Gasteiger partial charge in [0.2, 0.25) is 0 Å². The molecule has 0 N–H and O–H groups in total. The van der Waals surface area contributed by atoms with Crippen molar-refractivity contribution in [3.05, 3.63) is 34.9 Å². The van der Waals surface area contributed by atoms with Crippen molar-refractivity contribution in [2.24, 2.45) is 0 Å². The Bertz CT molecular complexity index is 391. The van der Waals surface area contributed by atoms with Gasteiger partial charge in [-0.05, 0) is 24.1 Å². The third-order valence-electron chi connectivity index (χ3n) is 2.00. The molecule has 0 fully saturated rings. The van der Waals surface area contributed by atoms with Gasteiger partial charge in [-0.3, -0.25) is 4.79 Å². The molecule has 3 heteroatoms. The van der Waals surface area contributed by atoms with Gasteiger partial charge in [0.25, 0.3) is 0 Å².